The van der Waals surface area contributed by atoms with Crippen LogP contribution in [0.2, 0.25) is 0 Å². The zero-order chi connectivity index (χ0) is 21.7. The maximum Gasteiger partial charge on any atom is 0.416 e. The second kappa shape index (κ2) is 7.07. The predicted molar refractivity (Wildman–Crippen MR) is 97.9 cm³/mol. The van der Waals surface area contributed by atoms with Crippen LogP contribution in [0.25, 0.3) is 0 Å². The molecule has 10 heteroatoms. The van der Waals surface area contributed by atoms with Gasteiger partial charge in [0.2, 0.25) is 5.91 Å². The first kappa shape index (κ1) is 20.3. The number of hydrogen-bond acceptors (Lipinski definition) is 4. The highest BCUT2D eigenvalue weighted by atomic mass is 19.4. The molecule has 160 valence electrons. The number of hydrogen-bond donors (Lipinski definition) is 2. The molecule has 30 heavy (non-hydrogen) atoms. The van der Waals surface area contributed by atoms with Gasteiger partial charge in [-0.25, -0.2) is 4.79 Å². The molecule has 0 bridgehead atoms. The van der Waals surface area contributed by atoms with Crippen LogP contribution < -0.4 is 5.32 Å². The van der Waals surface area contributed by atoms with Crippen molar-refractivity contribution in [1.29, 1.82) is 5.26 Å². The fraction of sp³-hybridized carbons (Fsp3) is 0.550. The van der Waals surface area contributed by atoms with Gasteiger partial charge < -0.3 is 20.2 Å². The molecule has 3 atom stereocenters. The molecule has 0 spiro atoms. The Morgan fingerprint density at radius 3 is 2.73 bits per heavy atom. The summed E-state index contributed by atoms with van der Waals surface area (Å²) in [7, 11) is 0. The zero-order valence-corrected chi connectivity index (χ0v) is 16.1. The maximum absolute atomic E-state index is 13.6. The summed E-state index contributed by atoms with van der Waals surface area (Å²) in [5.74, 6) is -0.382. The molecule has 1 saturated carbocycles. The number of fused-ring (bicyclic) bond motifs is 2. The van der Waals surface area contributed by atoms with Crippen molar-refractivity contribution in [3.8, 4) is 6.19 Å². The van der Waals surface area contributed by atoms with Crippen molar-refractivity contribution in [3.63, 3.8) is 0 Å². The van der Waals surface area contributed by atoms with Crippen molar-refractivity contribution < 1.29 is 27.9 Å². The first-order valence-corrected chi connectivity index (χ1v) is 9.75. The average molecular weight is 422 g/mol. The van der Waals surface area contributed by atoms with E-state index in [2.05, 4.69) is 11.5 Å². The number of amides is 2. The van der Waals surface area contributed by atoms with E-state index in [1.165, 1.54) is 11.0 Å². The summed E-state index contributed by atoms with van der Waals surface area (Å²) in [6.45, 7) is 1.05. The van der Waals surface area contributed by atoms with Crippen LogP contribution in [0.5, 0.6) is 0 Å². The number of rotatable bonds is 2. The van der Waals surface area contributed by atoms with E-state index in [1.54, 1.807) is 4.90 Å². The number of halogens is 3. The molecule has 2 amide bonds. The second-order valence-electron chi connectivity index (χ2n) is 8.38. The van der Waals surface area contributed by atoms with Gasteiger partial charge in [0, 0.05) is 32.2 Å². The lowest BCUT2D eigenvalue weighted by atomic mass is 9.78. The van der Waals surface area contributed by atoms with Crippen molar-refractivity contribution in [2.24, 2.45) is 11.3 Å². The Balaban J connectivity index is 1.59. The molecule has 0 radical (unpaired) electrons. The summed E-state index contributed by atoms with van der Waals surface area (Å²) in [6.07, 6.45) is -2.34. The number of nitrogens with one attached hydrogen (secondary N) is 1. The van der Waals surface area contributed by atoms with Gasteiger partial charge in [0.05, 0.1) is 11.0 Å². The monoisotopic (exact) mass is 422 g/mol. The molecule has 3 aliphatic rings. The molecular formula is C20H21F3N4O3. The van der Waals surface area contributed by atoms with Crippen LogP contribution in [0.3, 0.4) is 0 Å². The summed E-state index contributed by atoms with van der Waals surface area (Å²) in [4.78, 5) is 27.7. The van der Waals surface area contributed by atoms with Crippen LogP contribution in [0.1, 0.15) is 29.5 Å². The minimum Gasteiger partial charge on any atom is -0.465 e. The van der Waals surface area contributed by atoms with Crippen LogP contribution in [0.4, 0.5) is 18.0 Å². The van der Waals surface area contributed by atoms with Gasteiger partial charge >= 0.3 is 12.3 Å². The van der Waals surface area contributed by atoms with Crippen LogP contribution >= 0.6 is 0 Å². The number of carbonyl (C=O) groups is 2. The van der Waals surface area contributed by atoms with Gasteiger partial charge in [-0.05, 0) is 48.4 Å². The van der Waals surface area contributed by atoms with Gasteiger partial charge in [-0.1, -0.05) is 6.07 Å². The third-order valence-electron chi connectivity index (χ3n) is 6.60. The smallest absolute Gasteiger partial charge is 0.416 e. The van der Waals surface area contributed by atoms with E-state index in [0.29, 0.717) is 31.5 Å². The highest BCUT2D eigenvalue weighted by Crippen LogP contribution is 2.50. The fourth-order valence-corrected chi connectivity index (χ4v) is 5.28. The number of carboxylic acid groups (broad SMARTS) is 1. The van der Waals surface area contributed by atoms with Crippen LogP contribution in [-0.4, -0.2) is 52.6 Å². The maximum atomic E-state index is 13.6. The quantitative estimate of drug-likeness (QED) is 0.714. The first-order chi connectivity index (χ1) is 14.1. The highest BCUT2D eigenvalue weighted by molar-refractivity contribution is 5.85. The average Bonchev–Trinajstić information content (AvgIpc) is 3.19. The normalized spacial score (nSPS) is 27.9. The SMILES string of the molecule is N#CN1C[C@@H]2C[C@@H](NC(=O)O)C[C@]2(C(=O)N2CCc3ccc(C(F)(F)F)cc3C2)C1. The Labute approximate surface area is 171 Å². The number of carbonyl (C=O) groups excluding carboxylic acids is 1. The Bertz CT molecular complexity index is 929. The highest BCUT2D eigenvalue weighted by Gasteiger charge is 2.59. The summed E-state index contributed by atoms with van der Waals surface area (Å²) in [6, 6.07) is 3.25. The molecule has 4 rings (SSSR count). The summed E-state index contributed by atoms with van der Waals surface area (Å²) in [5, 5.41) is 20.8. The van der Waals surface area contributed by atoms with E-state index < -0.39 is 23.2 Å². The van der Waals surface area contributed by atoms with Gasteiger partial charge in [-0.3, -0.25) is 4.79 Å². The fourth-order valence-electron chi connectivity index (χ4n) is 5.28. The lowest BCUT2D eigenvalue weighted by molar-refractivity contribution is -0.143. The summed E-state index contributed by atoms with van der Waals surface area (Å²) < 4.78 is 39.3. The van der Waals surface area contributed by atoms with Gasteiger partial charge in [0.1, 0.15) is 0 Å². The van der Waals surface area contributed by atoms with Crippen LogP contribution in [-0.2, 0) is 23.9 Å². The Hall–Kier alpha value is -2.96. The van der Waals surface area contributed by atoms with Gasteiger partial charge in [-0.2, -0.15) is 18.4 Å². The molecule has 2 aliphatic heterocycles. The zero-order valence-electron chi connectivity index (χ0n) is 16.1. The number of benzene rings is 1. The lowest BCUT2D eigenvalue weighted by Crippen LogP contribution is -2.49. The number of alkyl halides is 3. The standard InChI is InChI=1S/C20H21F3N4O3/c21-20(22,23)14-2-1-12-3-4-27(8-13(12)5-14)17(28)19-7-16(25-18(29)30)6-15(19)9-26(10-19)11-24/h1-2,5,15-16,25H,3-4,6-10H2,(H,29,30)/t15-,16+,19-/m0/s1. The topological polar surface area (TPSA) is 96.7 Å². The van der Waals surface area contributed by atoms with Gasteiger partial charge in [-0.15, -0.1) is 0 Å². The third-order valence-corrected chi connectivity index (χ3v) is 6.60. The summed E-state index contributed by atoms with van der Waals surface area (Å²) in [5.41, 5.74) is -0.370. The van der Waals surface area contributed by atoms with Gasteiger partial charge in [0.25, 0.3) is 0 Å². The van der Waals surface area contributed by atoms with Crippen molar-refractivity contribution in [3.05, 3.63) is 34.9 Å². The molecular weight excluding hydrogens is 401 g/mol. The Morgan fingerprint density at radius 2 is 2.07 bits per heavy atom. The molecule has 2 fully saturated rings. The minimum absolute atomic E-state index is 0.0795. The second-order valence-corrected chi connectivity index (χ2v) is 8.38. The Kier molecular flexibility index (Phi) is 4.79. The molecule has 1 aromatic rings. The molecule has 0 aromatic heterocycles. The van der Waals surface area contributed by atoms with E-state index in [0.717, 1.165) is 17.7 Å². The summed E-state index contributed by atoms with van der Waals surface area (Å²) >= 11 is 0. The van der Waals surface area contributed by atoms with Crippen molar-refractivity contribution in [2.75, 3.05) is 19.6 Å². The lowest BCUT2D eigenvalue weighted by Gasteiger charge is -2.37. The van der Waals surface area contributed by atoms with Crippen molar-refractivity contribution in [2.45, 2.75) is 38.0 Å². The number of nitriles is 1. The van der Waals surface area contributed by atoms with Crippen LogP contribution in [0, 0.1) is 22.8 Å². The van der Waals surface area contributed by atoms with E-state index in [9.17, 15) is 28.0 Å². The number of likely N-dealkylation sites (tertiary alicyclic amines) is 1. The van der Waals surface area contributed by atoms with E-state index in [1.807, 2.05) is 0 Å². The molecule has 1 aliphatic carbocycles. The molecule has 1 aromatic carbocycles. The van der Waals surface area contributed by atoms with Crippen LogP contribution in [0.15, 0.2) is 18.2 Å². The molecule has 7 nitrogen and oxygen atoms in total. The molecule has 2 N–H and O–H groups in total. The molecule has 1 saturated heterocycles. The van der Waals surface area contributed by atoms with Crippen molar-refractivity contribution >= 4 is 12.0 Å². The van der Waals surface area contributed by atoms with Gasteiger partial charge in [0.15, 0.2) is 6.19 Å². The molecule has 0 unspecified atom stereocenters. The van der Waals surface area contributed by atoms with E-state index in [-0.39, 0.29) is 37.4 Å². The predicted octanol–water partition coefficient (Wildman–Crippen LogP) is 2.42. The molecule has 2 heterocycles. The van der Waals surface area contributed by atoms with E-state index >= 15 is 0 Å². The largest absolute Gasteiger partial charge is 0.465 e. The van der Waals surface area contributed by atoms with Crippen molar-refractivity contribution in [1.82, 2.24) is 15.1 Å². The minimum atomic E-state index is -4.45. The number of nitrogens with zero attached hydrogens (tertiary/aromatic N) is 3. The third kappa shape index (κ3) is 3.42. The Morgan fingerprint density at radius 1 is 1.30 bits per heavy atom. The first-order valence-electron chi connectivity index (χ1n) is 9.75. The van der Waals surface area contributed by atoms with E-state index in [4.69, 9.17) is 5.11 Å².